The third-order valence-electron chi connectivity index (χ3n) is 11.6. The Morgan fingerprint density at radius 3 is 1.42 bits per heavy atom. The predicted molar refractivity (Wildman–Crippen MR) is 233 cm³/mol. The number of carbonyl (C=O) groups is 2. The van der Waals surface area contributed by atoms with Gasteiger partial charge in [-0.25, -0.2) is 31.6 Å². The molecule has 7 rings (SSSR count). The van der Waals surface area contributed by atoms with Crippen molar-refractivity contribution in [3.63, 3.8) is 0 Å². The summed E-state index contributed by atoms with van der Waals surface area (Å²) in [6.45, 7) is 4.43. The number of nitrogens with zero attached hydrogens (tertiary/aromatic N) is 4. The van der Waals surface area contributed by atoms with Crippen molar-refractivity contribution in [2.75, 3.05) is 11.5 Å². The van der Waals surface area contributed by atoms with Crippen LogP contribution in [0.2, 0.25) is 0 Å². The second-order valence-corrected chi connectivity index (χ2v) is 19.8. The fourth-order valence-electron chi connectivity index (χ4n) is 7.88. The van der Waals surface area contributed by atoms with Crippen LogP contribution in [0.25, 0.3) is 33.4 Å². The van der Waals surface area contributed by atoms with Crippen LogP contribution in [-0.4, -0.2) is 89.7 Å². The maximum Gasteiger partial charge on any atom is 0.387 e. The summed E-state index contributed by atoms with van der Waals surface area (Å²) in [6.07, 6.45) is -0.0225. The van der Waals surface area contributed by atoms with Crippen LogP contribution in [0, 0.1) is 17.0 Å². The van der Waals surface area contributed by atoms with E-state index in [4.69, 9.17) is 0 Å². The average Bonchev–Trinajstić information content (AvgIpc) is 3.64. The van der Waals surface area contributed by atoms with E-state index < -0.39 is 80.7 Å². The summed E-state index contributed by atoms with van der Waals surface area (Å²) in [6, 6.07) is 12.1. The smallest absolute Gasteiger partial charge is 0.387 e. The zero-order valence-electron chi connectivity index (χ0n) is 36.9. The molecule has 0 bridgehead atoms. The quantitative estimate of drug-likeness (QED) is 0.0724. The fraction of sp³-hybridized carbons (Fsp3) is 0.378. The number of aromatic carboxylic acids is 1. The van der Waals surface area contributed by atoms with E-state index in [2.05, 4.69) is 9.47 Å². The Hall–Kier alpha value is -6.39. The molecule has 67 heavy (non-hydrogen) atoms. The Labute approximate surface area is 377 Å². The molecule has 0 saturated carbocycles. The van der Waals surface area contributed by atoms with Crippen molar-refractivity contribution in [3.05, 3.63) is 117 Å². The van der Waals surface area contributed by atoms with E-state index in [0.29, 0.717) is 0 Å². The van der Waals surface area contributed by atoms with Gasteiger partial charge in [-0.1, -0.05) is 6.92 Å². The number of halogens is 6. The molecule has 15 nitrogen and oxygen atoms in total. The third kappa shape index (κ3) is 10.3. The summed E-state index contributed by atoms with van der Waals surface area (Å²) >= 11 is 0. The first kappa shape index (κ1) is 50.0. The van der Waals surface area contributed by atoms with E-state index in [0.717, 1.165) is 50.1 Å². The topological polar surface area (TPSA) is 201 Å². The molecule has 4 aromatic carbocycles. The summed E-state index contributed by atoms with van der Waals surface area (Å²) < 4.78 is 116. The number of ether oxygens (including phenoxy) is 2. The average molecular weight is 965 g/mol. The molecule has 1 saturated heterocycles. The number of hydrogen-bond donors (Lipinski definition) is 3. The highest BCUT2D eigenvalue weighted by molar-refractivity contribution is 7.92. The molecule has 6 aromatic rings. The monoisotopic (exact) mass is 964 g/mol. The second kappa shape index (κ2) is 18.0. The molecule has 22 heteroatoms. The highest BCUT2D eigenvalue weighted by Gasteiger charge is 2.46. The van der Waals surface area contributed by atoms with Gasteiger partial charge in [0.25, 0.3) is 0 Å². The van der Waals surface area contributed by atoms with Crippen molar-refractivity contribution in [2.45, 2.75) is 91.4 Å². The minimum absolute atomic E-state index is 0.0225. The van der Waals surface area contributed by atoms with Gasteiger partial charge in [0, 0.05) is 29.5 Å². The summed E-state index contributed by atoms with van der Waals surface area (Å²) in [4.78, 5) is 51.3. The molecule has 0 amide bonds. The zero-order chi connectivity index (χ0) is 49.9. The van der Waals surface area contributed by atoms with Gasteiger partial charge in [-0.3, -0.25) is 23.1 Å². The summed E-state index contributed by atoms with van der Waals surface area (Å²) in [5.41, 5.74) is -5.00. The molecular formula is C45H46F6N4O11S. The minimum Gasteiger partial charge on any atom is -0.478 e. The number of Topliss-reactive ketones (excluding diaryl/α,β-unsaturated/α-hetero) is 1. The Bertz CT molecular complexity index is 3130. The maximum absolute atomic E-state index is 14.9. The number of hydrogen-bond acceptors (Lipinski definition) is 10. The standard InChI is InChI=1S/C25H27F3N2O6S.C20H19F3N2O5/c1-14(24(2,3)33)29-20-9-15(21(31)11-25(4)12-37(34,35)13-25)5-8-18(20)30(23(29)32)19-10-16(36-22(27)28)6-7-17(19)26;1-10(20(2,3)29)24-16-8-11(17(26)27)4-7-14(16)25(19(24)28)15-9-12(30-18(22)23)5-6-13(15)21/h5-10,14,22,33H,11-13H2,1-4H3;4-10,18,29H,1-3H3,(H,26,27). The fourth-order valence-corrected chi connectivity index (χ4v) is 10.1. The summed E-state index contributed by atoms with van der Waals surface area (Å²) in [5, 5.41) is 30.4. The normalized spacial score (nSPS) is 15.5. The maximum atomic E-state index is 14.9. The van der Waals surface area contributed by atoms with Crippen molar-refractivity contribution < 1.29 is 69.1 Å². The van der Waals surface area contributed by atoms with Crippen molar-refractivity contribution in [1.82, 2.24) is 18.3 Å². The number of imidazole rings is 2. The van der Waals surface area contributed by atoms with Crippen LogP contribution in [-0.2, 0) is 9.84 Å². The lowest BCUT2D eigenvalue weighted by atomic mass is 9.86. The third-order valence-corrected chi connectivity index (χ3v) is 13.9. The number of ketones is 1. The van der Waals surface area contributed by atoms with Crippen LogP contribution in [0.5, 0.6) is 11.5 Å². The number of carboxylic acids is 1. The number of carboxylic acid groups (broad SMARTS) is 1. The molecule has 1 aliphatic rings. The molecule has 0 aliphatic carbocycles. The number of rotatable bonds is 14. The molecular weight excluding hydrogens is 919 g/mol. The van der Waals surface area contributed by atoms with Crippen LogP contribution < -0.4 is 20.9 Å². The van der Waals surface area contributed by atoms with Crippen LogP contribution in [0.15, 0.2) is 82.4 Å². The van der Waals surface area contributed by atoms with E-state index in [9.17, 15) is 69.3 Å². The van der Waals surface area contributed by atoms with Crippen molar-refractivity contribution in [3.8, 4) is 22.9 Å². The van der Waals surface area contributed by atoms with Crippen molar-refractivity contribution in [2.24, 2.45) is 5.41 Å². The number of aromatic nitrogens is 4. The minimum atomic E-state index is -3.16. The van der Waals surface area contributed by atoms with Gasteiger partial charge < -0.3 is 24.8 Å². The Kier molecular flexibility index (Phi) is 13.5. The van der Waals surface area contributed by atoms with Gasteiger partial charge >= 0.3 is 30.6 Å². The summed E-state index contributed by atoms with van der Waals surface area (Å²) in [5.74, 6) is -4.23. The molecule has 0 spiro atoms. The molecule has 1 fully saturated rings. The van der Waals surface area contributed by atoms with Crippen molar-refractivity contribution >= 4 is 43.7 Å². The van der Waals surface area contributed by atoms with Crippen LogP contribution in [0.3, 0.4) is 0 Å². The lowest BCUT2D eigenvalue weighted by Crippen LogP contribution is -2.47. The first-order valence-corrected chi connectivity index (χ1v) is 22.2. The molecule has 0 radical (unpaired) electrons. The predicted octanol–water partition coefficient (Wildman–Crippen LogP) is 7.43. The molecule has 3 N–H and O–H groups in total. The molecule has 2 aromatic heterocycles. The van der Waals surface area contributed by atoms with E-state index in [1.807, 2.05) is 0 Å². The van der Waals surface area contributed by atoms with Gasteiger partial charge in [-0.05, 0) is 102 Å². The Balaban J connectivity index is 0.000000226. The first-order chi connectivity index (χ1) is 30.9. The van der Waals surface area contributed by atoms with Crippen molar-refractivity contribution in [1.29, 1.82) is 0 Å². The molecule has 360 valence electrons. The number of sulfone groups is 1. The van der Waals surface area contributed by atoms with Gasteiger partial charge in [-0.2, -0.15) is 17.6 Å². The van der Waals surface area contributed by atoms with Gasteiger partial charge in [0.1, 0.15) is 23.1 Å². The van der Waals surface area contributed by atoms with Gasteiger partial charge in [0.15, 0.2) is 15.6 Å². The lowest BCUT2D eigenvalue weighted by molar-refractivity contribution is -0.0505. The van der Waals surface area contributed by atoms with Crippen LogP contribution in [0.4, 0.5) is 26.3 Å². The SMILES string of the molecule is CC(n1c(=O)n(-c2cc(OC(F)F)ccc2F)c2ccc(C(=O)CC3(C)CS(=O)(=O)C3)cc21)C(C)(C)O.CC(n1c(=O)n(-c2cc(OC(F)F)ccc2F)c2ccc(C(=O)O)cc21)C(C)(C)O. The molecule has 2 unspecified atom stereocenters. The molecule has 3 heterocycles. The van der Waals surface area contributed by atoms with Crippen LogP contribution >= 0.6 is 0 Å². The van der Waals surface area contributed by atoms with Gasteiger partial charge in [0.05, 0.1) is 73.8 Å². The van der Waals surface area contributed by atoms with E-state index in [1.165, 1.54) is 68.7 Å². The zero-order valence-corrected chi connectivity index (χ0v) is 37.7. The second-order valence-electron chi connectivity index (χ2n) is 17.8. The lowest BCUT2D eigenvalue weighted by Gasteiger charge is -2.37. The van der Waals surface area contributed by atoms with Crippen LogP contribution in [0.1, 0.15) is 87.7 Å². The first-order valence-electron chi connectivity index (χ1n) is 20.4. The molecule has 1 aliphatic heterocycles. The number of alkyl halides is 4. The van der Waals surface area contributed by atoms with E-state index in [-0.39, 0.29) is 79.8 Å². The number of benzene rings is 4. The Morgan fingerprint density at radius 2 is 1.06 bits per heavy atom. The highest BCUT2D eigenvalue weighted by atomic mass is 32.2. The number of aliphatic hydroxyl groups is 2. The largest absolute Gasteiger partial charge is 0.478 e. The van der Waals surface area contributed by atoms with E-state index in [1.54, 1.807) is 20.8 Å². The summed E-state index contributed by atoms with van der Waals surface area (Å²) in [7, 11) is -3.16. The van der Waals surface area contributed by atoms with E-state index >= 15 is 0 Å². The molecule has 2 atom stereocenters. The number of fused-ring (bicyclic) bond motifs is 2. The van der Waals surface area contributed by atoms with Gasteiger partial charge in [0.2, 0.25) is 0 Å². The Morgan fingerprint density at radius 1 is 0.672 bits per heavy atom. The highest BCUT2D eigenvalue weighted by Crippen LogP contribution is 2.38. The van der Waals surface area contributed by atoms with Gasteiger partial charge in [-0.15, -0.1) is 0 Å². The number of carbonyl (C=O) groups excluding carboxylic acids is 1.